The summed E-state index contributed by atoms with van der Waals surface area (Å²) >= 11 is 5.90. The van der Waals surface area contributed by atoms with Crippen LogP contribution in [-0.4, -0.2) is 34.1 Å². The molecule has 18 heavy (non-hydrogen) atoms. The summed E-state index contributed by atoms with van der Waals surface area (Å²) in [7, 11) is 0. The van der Waals surface area contributed by atoms with Gasteiger partial charge in [-0.05, 0) is 38.3 Å². The van der Waals surface area contributed by atoms with Gasteiger partial charge in [0.05, 0.1) is 0 Å². The molecule has 0 aliphatic rings. The third kappa shape index (κ3) is 3.98. The fourth-order valence-corrected chi connectivity index (χ4v) is 1.47. The summed E-state index contributed by atoms with van der Waals surface area (Å²) in [5, 5.41) is 0.165. The molecule has 0 aromatic carbocycles. The van der Waals surface area contributed by atoms with Gasteiger partial charge in [-0.15, -0.1) is 0 Å². The summed E-state index contributed by atoms with van der Waals surface area (Å²) in [6.45, 7) is 11.9. The molecular formula is C12H21ClN4O. The second kappa shape index (κ2) is 6.73. The molecule has 1 unspecified atom stereocenters. The van der Waals surface area contributed by atoms with Crippen molar-refractivity contribution in [2.75, 3.05) is 18.0 Å². The van der Waals surface area contributed by atoms with Gasteiger partial charge in [0.15, 0.2) is 0 Å². The van der Waals surface area contributed by atoms with Crippen molar-refractivity contribution >= 4 is 17.5 Å². The Bertz CT molecular complexity index is 382. The lowest BCUT2D eigenvalue weighted by Crippen LogP contribution is -2.26. The Hall–Kier alpha value is -1.10. The van der Waals surface area contributed by atoms with Crippen molar-refractivity contribution < 1.29 is 4.74 Å². The minimum atomic E-state index is 0.0352. The highest BCUT2D eigenvalue weighted by molar-refractivity contribution is 6.28. The first-order valence-corrected chi connectivity index (χ1v) is 6.68. The molecule has 5 nitrogen and oxygen atoms in total. The Morgan fingerprint density at radius 2 is 1.72 bits per heavy atom. The molecule has 1 aromatic heterocycles. The Labute approximate surface area is 114 Å². The number of hydrogen-bond donors (Lipinski definition) is 0. The summed E-state index contributed by atoms with van der Waals surface area (Å²) in [4.78, 5) is 14.4. The number of hydrogen-bond acceptors (Lipinski definition) is 5. The number of halogens is 1. The Kier molecular flexibility index (Phi) is 5.59. The van der Waals surface area contributed by atoms with Crippen molar-refractivity contribution in [3.8, 4) is 6.01 Å². The number of nitrogens with zero attached hydrogens (tertiary/aromatic N) is 4. The number of anilines is 1. The first-order valence-electron chi connectivity index (χ1n) is 6.31. The molecule has 1 rings (SSSR count). The molecule has 0 aliphatic heterocycles. The SMILES string of the molecule is CCN(CC)c1nc(Cl)nc(OC(C)C(C)C)n1. The second-order valence-corrected chi connectivity index (χ2v) is 4.76. The fraction of sp³-hybridized carbons (Fsp3) is 0.750. The topological polar surface area (TPSA) is 51.1 Å². The monoisotopic (exact) mass is 272 g/mol. The maximum absolute atomic E-state index is 5.90. The van der Waals surface area contributed by atoms with Crippen molar-refractivity contribution in [1.82, 2.24) is 15.0 Å². The van der Waals surface area contributed by atoms with E-state index in [4.69, 9.17) is 16.3 Å². The number of ether oxygens (including phenoxy) is 1. The molecule has 0 N–H and O–H groups in total. The van der Waals surface area contributed by atoms with E-state index < -0.39 is 0 Å². The molecule has 6 heteroatoms. The van der Waals surface area contributed by atoms with E-state index in [1.807, 2.05) is 25.7 Å². The zero-order valence-corrected chi connectivity index (χ0v) is 12.4. The Balaban J connectivity index is 2.93. The molecule has 0 saturated heterocycles. The van der Waals surface area contributed by atoms with Gasteiger partial charge in [0, 0.05) is 13.1 Å². The van der Waals surface area contributed by atoms with Gasteiger partial charge >= 0.3 is 6.01 Å². The third-order valence-corrected chi connectivity index (χ3v) is 3.02. The van der Waals surface area contributed by atoms with E-state index in [0.717, 1.165) is 13.1 Å². The lowest BCUT2D eigenvalue weighted by atomic mass is 10.1. The maximum atomic E-state index is 5.90. The van der Waals surface area contributed by atoms with Gasteiger partial charge in [-0.3, -0.25) is 0 Å². The quantitative estimate of drug-likeness (QED) is 0.797. The second-order valence-electron chi connectivity index (χ2n) is 4.43. The third-order valence-electron chi connectivity index (χ3n) is 2.85. The van der Waals surface area contributed by atoms with E-state index in [0.29, 0.717) is 11.9 Å². The molecule has 1 aromatic rings. The van der Waals surface area contributed by atoms with Crippen LogP contribution in [0, 0.1) is 5.92 Å². The highest BCUT2D eigenvalue weighted by Gasteiger charge is 2.14. The standard InChI is InChI=1S/C12H21ClN4O/c1-6-17(7-2)11-14-10(13)15-12(16-11)18-9(5)8(3)4/h8-9H,6-7H2,1-5H3. The predicted octanol–water partition coefficient (Wildman–Crippen LogP) is 2.79. The average molecular weight is 273 g/mol. The fourth-order valence-electron chi connectivity index (χ4n) is 1.32. The van der Waals surface area contributed by atoms with E-state index in [-0.39, 0.29) is 17.4 Å². The molecular weight excluding hydrogens is 252 g/mol. The van der Waals surface area contributed by atoms with Crippen LogP contribution in [0.15, 0.2) is 0 Å². The zero-order chi connectivity index (χ0) is 13.7. The van der Waals surface area contributed by atoms with Gasteiger partial charge in [-0.25, -0.2) is 0 Å². The van der Waals surface area contributed by atoms with Crippen molar-refractivity contribution in [1.29, 1.82) is 0 Å². The van der Waals surface area contributed by atoms with Gasteiger partial charge in [0.25, 0.3) is 0 Å². The predicted molar refractivity (Wildman–Crippen MR) is 73.3 cm³/mol. The van der Waals surface area contributed by atoms with Gasteiger partial charge in [-0.2, -0.15) is 15.0 Å². The van der Waals surface area contributed by atoms with E-state index in [9.17, 15) is 0 Å². The number of aromatic nitrogens is 3. The molecule has 0 aliphatic carbocycles. The summed E-state index contributed by atoms with van der Waals surface area (Å²) < 4.78 is 5.66. The normalized spacial score (nSPS) is 12.6. The van der Waals surface area contributed by atoms with E-state index in [1.165, 1.54) is 0 Å². The van der Waals surface area contributed by atoms with E-state index in [2.05, 4.69) is 28.8 Å². The molecule has 0 spiro atoms. The van der Waals surface area contributed by atoms with Gasteiger partial charge < -0.3 is 9.64 Å². The van der Waals surface area contributed by atoms with Crippen molar-refractivity contribution in [2.24, 2.45) is 5.92 Å². The van der Waals surface area contributed by atoms with Gasteiger partial charge in [0.1, 0.15) is 6.10 Å². The van der Waals surface area contributed by atoms with Crippen LogP contribution in [0.3, 0.4) is 0 Å². The molecule has 1 atom stereocenters. The summed E-state index contributed by atoms with van der Waals surface area (Å²) in [5.74, 6) is 0.948. The van der Waals surface area contributed by atoms with Crippen molar-refractivity contribution in [3.05, 3.63) is 5.28 Å². The lowest BCUT2D eigenvalue weighted by Gasteiger charge is -2.20. The summed E-state index contributed by atoms with van der Waals surface area (Å²) in [6, 6.07) is 0.290. The average Bonchev–Trinajstić information content (AvgIpc) is 2.29. The van der Waals surface area contributed by atoms with Crippen LogP contribution in [0.2, 0.25) is 5.28 Å². The number of rotatable bonds is 6. The summed E-state index contributed by atoms with van der Waals surface area (Å²) in [6.07, 6.45) is 0.0352. The van der Waals surface area contributed by atoms with Crippen LogP contribution in [0.4, 0.5) is 5.95 Å². The van der Waals surface area contributed by atoms with Crippen LogP contribution in [-0.2, 0) is 0 Å². The molecule has 0 radical (unpaired) electrons. The van der Waals surface area contributed by atoms with Gasteiger partial charge in [0.2, 0.25) is 11.2 Å². The van der Waals surface area contributed by atoms with Crippen LogP contribution >= 0.6 is 11.6 Å². The van der Waals surface area contributed by atoms with Crippen LogP contribution in [0.25, 0.3) is 0 Å². The summed E-state index contributed by atoms with van der Waals surface area (Å²) in [5.41, 5.74) is 0. The Morgan fingerprint density at radius 3 is 2.22 bits per heavy atom. The van der Waals surface area contributed by atoms with E-state index in [1.54, 1.807) is 0 Å². The molecule has 0 saturated carbocycles. The largest absolute Gasteiger partial charge is 0.460 e. The first kappa shape index (κ1) is 15.0. The van der Waals surface area contributed by atoms with Crippen molar-refractivity contribution in [3.63, 3.8) is 0 Å². The Morgan fingerprint density at radius 1 is 1.11 bits per heavy atom. The van der Waals surface area contributed by atoms with Crippen molar-refractivity contribution in [2.45, 2.75) is 40.7 Å². The highest BCUT2D eigenvalue weighted by atomic mass is 35.5. The van der Waals surface area contributed by atoms with E-state index >= 15 is 0 Å². The minimum Gasteiger partial charge on any atom is -0.460 e. The molecule has 0 fully saturated rings. The minimum absolute atomic E-state index is 0.0352. The smallest absolute Gasteiger partial charge is 0.322 e. The molecule has 0 amide bonds. The van der Waals surface area contributed by atoms with Crippen LogP contribution < -0.4 is 9.64 Å². The molecule has 1 heterocycles. The highest BCUT2D eigenvalue weighted by Crippen LogP contribution is 2.17. The zero-order valence-electron chi connectivity index (χ0n) is 11.6. The first-order chi connectivity index (χ1) is 8.47. The molecule has 102 valence electrons. The van der Waals surface area contributed by atoms with Crippen LogP contribution in [0.5, 0.6) is 6.01 Å². The maximum Gasteiger partial charge on any atom is 0.322 e. The lowest BCUT2D eigenvalue weighted by molar-refractivity contribution is 0.155. The van der Waals surface area contributed by atoms with Crippen LogP contribution in [0.1, 0.15) is 34.6 Å². The van der Waals surface area contributed by atoms with Gasteiger partial charge in [-0.1, -0.05) is 13.8 Å². The molecule has 0 bridgehead atoms.